The van der Waals surface area contributed by atoms with Crippen LogP contribution in [0.1, 0.15) is 78.6 Å². The van der Waals surface area contributed by atoms with Crippen molar-refractivity contribution in [1.29, 1.82) is 0 Å². The number of aliphatic hydroxyl groups is 2. The summed E-state index contributed by atoms with van der Waals surface area (Å²) in [5.41, 5.74) is 0.507. The summed E-state index contributed by atoms with van der Waals surface area (Å²) < 4.78 is 4.93. The van der Waals surface area contributed by atoms with Crippen molar-refractivity contribution < 1.29 is 19.7 Å². The van der Waals surface area contributed by atoms with Crippen molar-refractivity contribution >= 4 is 5.97 Å². The van der Waals surface area contributed by atoms with Gasteiger partial charge in [-0.05, 0) is 97.7 Å². The van der Waals surface area contributed by atoms with E-state index in [0.29, 0.717) is 41.9 Å². The van der Waals surface area contributed by atoms with Crippen LogP contribution >= 0.6 is 0 Å². The average molecular weight is 393 g/mol. The number of carbonyl (C=O) groups is 1. The van der Waals surface area contributed by atoms with E-state index in [1.54, 1.807) is 0 Å². The van der Waals surface area contributed by atoms with Gasteiger partial charge in [0.2, 0.25) is 0 Å². The first kappa shape index (κ1) is 20.7. The maximum Gasteiger partial charge on any atom is 0.305 e. The second-order valence-electron chi connectivity index (χ2n) is 11.2. The van der Waals surface area contributed by atoms with Crippen molar-refractivity contribution in [3.63, 3.8) is 0 Å². The highest BCUT2D eigenvalue weighted by molar-refractivity contribution is 5.69. The molecule has 4 aliphatic rings. The molecule has 0 aromatic carbocycles. The Hall–Kier alpha value is -0.610. The summed E-state index contributed by atoms with van der Waals surface area (Å²) in [5.74, 6) is 2.80. The molecular weight excluding hydrogens is 352 g/mol. The smallest absolute Gasteiger partial charge is 0.305 e. The molecule has 4 rings (SSSR count). The molecule has 28 heavy (non-hydrogen) atoms. The first-order chi connectivity index (χ1) is 13.2. The number of hydrogen-bond donors (Lipinski definition) is 2. The monoisotopic (exact) mass is 392 g/mol. The van der Waals surface area contributed by atoms with Gasteiger partial charge >= 0.3 is 5.97 Å². The second-order valence-corrected chi connectivity index (χ2v) is 11.2. The van der Waals surface area contributed by atoms with Crippen LogP contribution in [-0.4, -0.2) is 35.5 Å². The van der Waals surface area contributed by atoms with Crippen LogP contribution in [-0.2, 0) is 9.53 Å². The maximum absolute atomic E-state index is 11.9. The SMILES string of the molecule is COC(=O)C[C@@H](C)[C@H]1CCC2C3C(CC[C@@]21C)[C@@]1(C)CC[C@@H](O)C[C@H]1C[C@@H]3O. The third-order valence-corrected chi connectivity index (χ3v) is 10.1. The van der Waals surface area contributed by atoms with Crippen molar-refractivity contribution in [2.45, 2.75) is 90.8 Å². The zero-order chi connectivity index (χ0) is 20.3. The number of ether oxygens (including phenoxy) is 1. The Morgan fingerprint density at radius 2 is 1.71 bits per heavy atom. The van der Waals surface area contributed by atoms with Crippen molar-refractivity contribution in [3.05, 3.63) is 0 Å². The molecule has 0 saturated heterocycles. The van der Waals surface area contributed by atoms with Gasteiger partial charge in [0, 0.05) is 6.42 Å². The van der Waals surface area contributed by atoms with E-state index < -0.39 is 0 Å². The fourth-order valence-corrected chi connectivity index (χ4v) is 8.66. The zero-order valence-corrected chi connectivity index (χ0v) is 18.2. The van der Waals surface area contributed by atoms with E-state index in [9.17, 15) is 15.0 Å². The molecular formula is C24H40O4. The molecule has 10 atom stereocenters. The summed E-state index contributed by atoms with van der Waals surface area (Å²) in [4.78, 5) is 11.9. The normalized spacial score (nSPS) is 51.6. The lowest BCUT2D eigenvalue weighted by Crippen LogP contribution is -2.58. The highest BCUT2D eigenvalue weighted by Crippen LogP contribution is 2.68. The number of fused-ring (bicyclic) bond motifs is 5. The van der Waals surface area contributed by atoms with E-state index in [2.05, 4.69) is 20.8 Å². The van der Waals surface area contributed by atoms with Gasteiger partial charge in [0.25, 0.3) is 0 Å². The average Bonchev–Trinajstić information content (AvgIpc) is 3.00. The van der Waals surface area contributed by atoms with Gasteiger partial charge in [-0.1, -0.05) is 20.8 Å². The topological polar surface area (TPSA) is 66.8 Å². The van der Waals surface area contributed by atoms with Crippen LogP contribution in [0.25, 0.3) is 0 Å². The van der Waals surface area contributed by atoms with Crippen molar-refractivity contribution in [3.8, 4) is 0 Å². The van der Waals surface area contributed by atoms with Crippen molar-refractivity contribution in [2.24, 2.45) is 46.3 Å². The predicted octanol–water partition coefficient (Wildman–Crippen LogP) is 4.18. The lowest BCUT2D eigenvalue weighted by Gasteiger charge is -2.62. The van der Waals surface area contributed by atoms with Crippen LogP contribution < -0.4 is 0 Å². The van der Waals surface area contributed by atoms with Crippen LogP contribution in [0.5, 0.6) is 0 Å². The summed E-state index contributed by atoms with van der Waals surface area (Å²) in [6.45, 7) is 7.13. The summed E-state index contributed by atoms with van der Waals surface area (Å²) in [6.07, 6.45) is 8.65. The largest absolute Gasteiger partial charge is 0.469 e. The zero-order valence-electron chi connectivity index (χ0n) is 18.2. The van der Waals surface area contributed by atoms with E-state index in [1.807, 2.05) is 0 Å². The molecule has 0 spiro atoms. The number of rotatable bonds is 3. The van der Waals surface area contributed by atoms with Gasteiger partial charge < -0.3 is 14.9 Å². The minimum Gasteiger partial charge on any atom is -0.469 e. The first-order valence-electron chi connectivity index (χ1n) is 11.6. The number of esters is 1. The lowest BCUT2D eigenvalue weighted by molar-refractivity contribution is -0.174. The van der Waals surface area contributed by atoms with Crippen LogP contribution in [0.3, 0.4) is 0 Å². The molecule has 4 heteroatoms. The molecule has 0 aliphatic heterocycles. The Morgan fingerprint density at radius 1 is 1.04 bits per heavy atom. The molecule has 0 aromatic rings. The second kappa shape index (κ2) is 7.27. The van der Waals surface area contributed by atoms with Crippen LogP contribution in [0, 0.1) is 46.3 Å². The van der Waals surface area contributed by atoms with Crippen molar-refractivity contribution in [2.75, 3.05) is 7.11 Å². The van der Waals surface area contributed by atoms with E-state index in [1.165, 1.54) is 32.8 Å². The first-order valence-corrected chi connectivity index (χ1v) is 11.6. The quantitative estimate of drug-likeness (QED) is 0.707. The lowest BCUT2D eigenvalue weighted by atomic mass is 9.43. The molecule has 0 aromatic heterocycles. The molecule has 0 radical (unpaired) electrons. The molecule has 160 valence electrons. The molecule has 0 heterocycles. The minimum atomic E-state index is -0.229. The number of carbonyl (C=O) groups excluding carboxylic acids is 1. The van der Waals surface area contributed by atoms with Gasteiger partial charge in [0.05, 0.1) is 19.3 Å². The summed E-state index contributed by atoms with van der Waals surface area (Å²) >= 11 is 0. The summed E-state index contributed by atoms with van der Waals surface area (Å²) in [7, 11) is 1.48. The number of aliphatic hydroxyl groups excluding tert-OH is 2. The molecule has 4 aliphatic carbocycles. The molecule has 3 unspecified atom stereocenters. The molecule has 4 saturated carbocycles. The van der Waals surface area contributed by atoms with Gasteiger partial charge in [0.1, 0.15) is 0 Å². The Bertz CT molecular complexity index is 605. The van der Waals surface area contributed by atoms with Gasteiger partial charge in [-0.25, -0.2) is 0 Å². The minimum absolute atomic E-state index is 0.0953. The highest BCUT2D eigenvalue weighted by Gasteiger charge is 2.62. The van der Waals surface area contributed by atoms with E-state index in [4.69, 9.17) is 4.74 Å². The van der Waals surface area contributed by atoms with Crippen LogP contribution in [0.4, 0.5) is 0 Å². The molecule has 0 amide bonds. The molecule has 2 N–H and O–H groups in total. The van der Waals surface area contributed by atoms with Gasteiger partial charge in [0.15, 0.2) is 0 Å². The molecule has 0 bridgehead atoms. The summed E-state index contributed by atoms with van der Waals surface area (Å²) in [6, 6.07) is 0. The van der Waals surface area contributed by atoms with Crippen molar-refractivity contribution in [1.82, 2.24) is 0 Å². The van der Waals surface area contributed by atoms with Gasteiger partial charge in [-0.3, -0.25) is 4.79 Å². The molecule has 4 fully saturated rings. The predicted molar refractivity (Wildman–Crippen MR) is 108 cm³/mol. The van der Waals surface area contributed by atoms with Gasteiger partial charge in [-0.2, -0.15) is 0 Å². The van der Waals surface area contributed by atoms with E-state index in [0.717, 1.165) is 25.7 Å². The fraction of sp³-hybridized carbons (Fsp3) is 0.958. The number of hydrogen-bond acceptors (Lipinski definition) is 4. The maximum atomic E-state index is 11.9. The Labute approximate surface area is 170 Å². The van der Waals surface area contributed by atoms with Crippen LogP contribution in [0.15, 0.2) is 0 Å². The Balaban J connectivity index is 1.57. The fourth-order valence-electron chi connectivity index (χ4n) is 8.66. The third kappa shape index (κ3) is 3.05. The van der Waals surface area contributed by atoms with E-state index in [-0.39, 0.29) is 29.0 Å². The molecule has 4 nitrogen and oxygen atoms in total. The highest BCUT2D eigenvalue weighted by atomic mass is 16.5. The Kier molecular flexibility index (Phi) is 5.36. The summed E-state index contributed by atoms with van der Waals surface area (Å²) in [5, 5.41) is 21.5. The number of methoxy groups -OCH3 is 1. The van der Waals surface area contributed by atoms with Gasteiger partial charge in [-0.15, -0.1) is 0 Å². The standard InChI is InChI=1S/C24H40O4/c1-14(11-21(27)28-4)17-5-6-18-22-19(8-10-24(17,18)3)23(2)9-7-16(25)12-15(23)13-20(22)26/h14-20,22,25-26H,5-13H2,1-4H3/t14-,15+,16-,17-,18?,19?,20+,22?,23+,24-/m1/s1. The third-order valence-electron chi connectivity index (χ3n) is 10.1. The van der Waals surface area contributed by atoms with Crippen LogP contribution in [0.2, 0.25) is 0 Å². The van der Waals surface area contributed by atoms with E-state index >= 15 is 0 Å². The Morgan fingerprint density at radius 3 is 2.43 bits per heavy atom.